The summed E-state index contributed by atoms with van der Waals surface area (Å²) in [5.74, 6) is 0.404. The average Bonchev–Trinajstić information content (AvgIpc) is 3.08. The van der Waals surface area contributed by atoms with Crippen molar-refractivity contribution in [3.05, 3.63) is 36.0 Å². The molecule has 0 bridgehead atoms. The van der Waals surface area contributed by atoms with Gasteiger partial charge in [0.1, 0.15) is 5.60 Å². The molecule has 3 heterocycles. The first-order chi connectivity index (χ1) is 14.9. The number of ether oxygens (including phenoxy) is 1. The molecule has 2 atom stereocenters. The molecule has 2 aliphatic heterocycles. The van der Waals surface area contributed by atoms with Crippen molar-refractivity contribution in [2.45, 2.75) is 66.0 Å². The number of aromatic nitrogens is 2. The molecule has 1 saturated heterocycles. The number of amides is 1. The van der Waals surface area contributed by atoms with E-state index >= 15 is 0 Å². The highest BCUT2D eigenvalue weighted by molar-refractivity contribution is 5.87. The first-order valence-corrected chi connectivity index (χ1v) is 11.8. The molecule has 2 aliphatic rings. The summed E-state index contributed by atoms with van der Waals surface area (Å²) in [5.41, 5.74) is 2.66. The number of likely N-dealkylation sites (tertiary alicyclic amines) is 1. The van der Waals surface area contributed by atoms with Gasteiger partial charge in [-0.1, -0.05) is 39.0 Å². The summed E-state index contributed by atoms with van der Waals surface area (Å²) in [4.78, 5) is 17.1. The Morgan fingerprint density at radius 1 is 1.22 bits per heavy atom. The Kier molecular flexibility index (Phi) is 5.86. The molecule has 6 heteroatoms. The molecule has 0 spiro atoms. The lowest BCUT2D eigenvalue weighted by Gasteiger charge is -2.40. The third-order valence-corrected chi connectivity index (χ3v) is 6.32. The molecule has 0 saturated carbocycles. The third kappa shape index (κ3) is 5.01. The highest BCUT2D eigenvalue weighted by Crippen LogP contribution is 2.35. The number of hydrogen-bond acceptors (Lipinski definition) is 4. The summed E-state index contributed by atoms with van der Waals surface area (Å²) in [6.45, 7) is 15.3. The smallest absolute Gasteiger partial charge is 0.414 e. The van der Waals surface area contributed by atoms with Crippen LogP contribution < -0.4 is 0 Å². The first kappa shape index (κ1) is 22.8. The van der Waals surface area contributed by atoms with Gasteiger partial charge in [0.25, 0.3) is 0 Å². The van der Waals surface area contributed by atoms with Gasteiger partial charge in [-0.3, -0.25) is 9.58 Å². The molecule has 0 radical (unpaired) electrons. The molecule has 2 aromatic rings. The summed E-state index contributed by atoms with van der Waals surface area (Å²) in [6.07, 6.45) is 6.11. The maximum atomic E-state index is 12.9. The number of allylic oxidation sites excluding steroid dienone is 1. The van der Waals surface area contributed by atoms with E-state index in [9.17, 15) is 4.79 Å². The minimum atomic E-state index is -0.521. The quantitative estimate of drug-likeness (QED) is 0.616. The van der Waals surface area contributed by atoms with E-state index < -0.39 is 5.60 Å². The van der Waals surface area contributed by atoms with Crippen molar-refractivity contribution in [2.75, 3.05) is 26.7 Å². The maximum absolute atomic E-state index is 12.9. The van der Waals surface area contributed by atoms with Gasteiger partial charge >= 0.3 is 6.09 Å². The maximum Gasteiger partial charge on any atom is 0.414 e. The van der Waals surface area contributed by atoms with Crippen molar-refractivity contribution in [3.8, 4) is 0 Å². The van der Waals surface area contributed by atoms with E-state index in [1.165, 1.54) is 0 Å². The highest BCUT2D eigenvalue weighted by atomic mass is 16.6. The van der Waals surface area contributed by atoms with E-state index in [2.05, 4.69) is 67.9 Å². The number of nitrogens with zero attached hydrogens (tertiary/aromatic N) is 4. The number of rotatable bonds is 2. The van der Waals surface area contributed by atoms with Gasteiger partial charge in [-0.15, -0.1) is 0 Å². The number of hydrogen-bond donors (Lipinski definition) is 0. The average molecular weight is 439 g/mol. The lowest BCUT2D eigenvalue weighted by Crippen LogP contribution is -2.43. The fourth-order valence-electron chi connectivity index (χ4n) is 5.15. The van der Waals surface area contributed by atoms with Gasteiger partial charge in [0, 0.05) is 36.8 Å². The highest BCUT2D eigenvalue weighted by Gasteiger charge is 2.33. The Bertz CT molecular complexity index is 1030. The monoisotopic (exact) mass is 438 g/mol. The van der Waals surface area contributed by atoms with Crippen LogP contribution in [-0.2, 0) is 4.74 Å². The lowest BCUT2D eigenvalue weighted by molar-refractivity contribution is 0.0327. The summed E-state index contributed by atoms with van der Waals surface area (Å²) in [7, 11) is 2.19. The zero-order valence-corrected chi connectivity index (χ0v) is 20.7. The summed E-state index contributed by atoms with van der Waals surface area (Å²) >= 11 is 0. The molecule has 4 rings (SSSR count). The molecule has 1 fully saturated rings. The Morgan fingerprint density at radius 3 is 2.66 bits per heavy atom. The molecule has 174 valence electrons. The Hall–Kier alpha value is -2.34. The molecule has 0 aliphatic carbocycles. The predicted octanol–water partition coefficient (Wildman–Crippen LogP) is 5.56. The van der Waals surface area contributed by atoms with Gasteiger partial charge in [0.2, 0.25) is 0 Å². The minimum absolute atomic E-state index is 0.276. The molecular formula is C26H38N4O2. The van der Waals surface area contributed by atoms with Gasteiger partial charge in [0.15, 0.2) is 0 Å². The fourth-order valence-corrected chi connectivity index (χ4v) is 5.15. The normalized spacial score (nSPS) is 24.5. The second-order valence-electron chi connectivity index (χ2n) is 11.6. The van der Waals surface area contributed by atoms with Crippen LogP contribution in [0, 0.1) is 11.3 Å². The van der Waals surface area contributed by atoms with Crippen molar-refractivity contribution >= 4 is 22.7 Å². The van der Waals surface area contributed by atoms with Crippen molar-refractivity contribution in [1.82, 2.24) is 19.6 Å². The number of benzene rings is 1. The number of carbonyl (C=O) groups is 1. The van der Waals surface area contributed by atoms with Crippen LogP contribution in [0.5, 0.6) is 0 Å². The molecule has 32 heavy (non-hydrogen) atoms. The largest absolute Gasteiger partial charge is 0.443 e. The third-order valence-electron chi connectivity index (χ3n) is 6.32. The van der Waals surface area contributed by atoms with Crippen molar-refractivity contribution in [2.24, 2.45) is 11.3 Å². The summed E-state index contributed by atoms with van der Waals surface area (Å²) in [5, 5.41) is 6.10. The van der Waals surface area contributed by atoms with Crippen LogP contribution in [0.4, 0.5) is 4.79 Å². The van der Waals surface area contributed by atoms with Crippen molar-refractivity contribution in [1.29, 1.82) is 0 Å². The van der Waals surface area contributed by atoms with E-state index in [0.29, 0.717) is 18.5 Å². The SMILES string of the molecule is C[C@H]1CC=C(c2ccc3cn([C@@H]4CN(C)CC(C)(C)C4)nc3c2)N(C(=O)OC(C)(C)C)C1. The Labute approximate surface area is 192 Å². The van der Waals surface area contributed by atoms with Crippen LogP contribution in [0.25, 0.3) is 16.6 Å². The van der Waals surface area contributed by atoms with Crippen molar-refractivity contribution in [3.63, 3.8) is 0 Å². The number of piperidine rings is 1. The first-order valence-electron chi connectivity index (χ1n) is 11.8. The van der Waals surface area contributed by atoms with E-state index in [-0.39, 0.29) is 11.5 Å². The number of likely N-dealkylation sites (N-methyl/N-ethyl adjacent to an activating group) is 1. The van der Waals surface area contributed by atoms with Crippen LogP contribution in [0.15, 0.2) is 30.5 Å². The van der Waals surface area contributed by atoms with Gasteiger partial charge in [-0.05, 0) is 58.1 Å². The molecule has 0 N–H and O–H groups in total. The molecule has 1 aromatic heterocycles. The molecule has 0 unspecified atom stereocenters. The molecule has 1 amide bonds. The van der Waals surface area contributed by atoms with Gasteiger partial charge < -0.3 is 9.64 Å². The second-order valence-corrected chi connectivity index (χ2v) is 11.6. The number of fused-ring (bicyclic) bond motifs is 1. The minimum Gasteiger partial charge on any atom is -0.443 e. The molecular weight excluding hydrogens is 400 g/mol. The van der Waals surface area contributed by atoms with Crippen LogP contribution >= 0.6 is 0 Å². The van der Waals surface area contributed by atoms with E-state index in [0.717, 1.165) is 48.1 Å². The zero-order valence-electron chi connectivity index (χ0n) is 20.7. The summed E-state index contributed by atoms with van der Waals surface area (Å²) < 4.78 is 7.85. The predicted molar refractivity (Wildman–Crippen MR) is 129 cm³/mol. The van der Waals surface area contributed by atoms with Gasteiger partial charge in [0.05, 0.1) is 17.3 Å². The van der Waals surface area contributed by atoms with E-state index in [4.69, 9.17) is 9.84 Å². The molecule has 6 nitrogen and oxygen atoms in total. The standard InChI is InChI=1S/C26H38N4O2/c1-18-8-11-23(29(14-18)24(31)32-25(2,3)4)19-9-10-20-15-30(27-22(20)12-19)21-13-26(5,6)17-28(7)16-21/h9-12,15,18,21H,8,13-14,16-17H2,1-7H3/t18-,21-/m0/s1. The van der Waals surface area contributed by atoms with Gasteiger partial charge in [-0.2, -0.15) is 5.10 Å². The lowest BCUT2D eigenvalue weighted by atomic mass is 9.82. The van der Waals surface area contributed by atoms with Gasteiger partial charge in [-0.25, -0.2) is 4.79 Å². The van der Waals surface area contributed by atoms with Crippen LogP contribution in [0.2, 0.25) is 0 Å². The van der Waals surface area contributed by atoms with Crippen molar-refractivity contribution < 1.29 is 9.53 Å². The van der Waals surface area contributed by atoms with Crippen LogP contribution in [-0.4, -0.2) is 58.0 Å². The van der Waals surface area contributed by atoms with E-state index in [1.807, 2.05) is 20.8 Å². The van der Waals surface area contributed by atoms with Crippen LogP contribution in [0.1, 0.15) is 66.0 Å². The summed E-state index contributed by atoms with van der Waals surface area (Å²) in [6, 6.07) is 6.71. The number of carbonyl (C=O) groups excluding carboxylic acids is 1. The fraction of sp³-hybridized carbons (Fsp3) is 0.615. The Morgan fingerprint density at radius 2 is 1.97 bits per heavy atom. The topological polar surface area (TPSA) is 50.6 Å². The van der Waals surface area contributed by atoms with E-state index in [1.54, 1.807) is 4.90 Å². The second kappa shape index (κ2) is 8.22. The van der Waals surface area contributed by atoms with Crippen LogP contribution in [0.3, 0.4) is 0 Å². The Balaban J connectivity index is 1.63. The zero-order chi connectivity index (χ0) is 23.3. The molecule has 1 aromatic carbocycles.